The Kier molecular flexibility index (Phi) is 8.52. The van der Waals surface area contributed by atoms with Crippen LogP contribution >= 0.6 is 0 Å². The number of carbonyl (C=O) groups excluding carboxylic acids is 2. The Morgan fingerprint density at radius 3 is 1.40 bits per heavy atom. The number of methoxy groups -OCH3 is 2. The number of allylic oxidation sites excluding steroid dienone is 4. The lowest BCUT2D eigenvalue weighted by Crippen LogP contribution is -2.36. The lowest BCUT2D eigenvalue weighted by Gasteiger charge is -2.29. The Balaban J connectivity index is 2.67. The van der Waals surface area contributed by atoms with Crippen molar-refractivity contribution < 1.29 is 63.3 Å². The van der Waals surface area contributed by atoms with Crippen LogP contribution in [0.25, 0.3) is 0 Å². The van der Waals surface area contributed by atoms with Crippen LogP contribution in [0, 0.1) is 0 Å². The Labute approximate surface area is 194 Å². The Morgan fingerprint density at radius 1 is 0.771 bits per heavy atom. The van der Waals surface area contributed by atoms with Gasteiger partial charge in [0.25, 0.3) is 0 Å². The molecule has 0 aromatic rings. The summed E-state index contributed by atoms with van der Waals surface area (Å²) in [5, 5.41) is 0. The molecule has 0 amide bonds. The smallest absolute Gasteiger partial charge is 0.466 e. The SMILES string of the molecule is COC(=O)C=C1C=CC=C(S(=O)(=O)C2=CC=CC(=CC(=O)OC)C2OC(F)(F)F)C1OC(F)(F)F. The van der Waals surface area contributed by atoms with Crippen LogP contribution in [0.3, 0.4) is 0 Å². The van der Waals surface area contributed by atoms with E-state index in [4.69, 9.17) is 0 Å². The van der Waals surface area contributed by atoms with Crippen molar-refractivity contribution in [1.29, 1.82) is 0 Å². The van der Waals surface area contributed by atoms with Crippen molar-refractivity contribution in [1.82, 2.24) is 0 Å². The first-order valence-electron chi connectivity index (χ1n) is 9.19. The zero-order chi connectivity index (χ0) is 26.6. The van der Waals surface area contributed by atoms with Gasteiger partial charge in [-0.25, -0.2) is 18.0 Å². The standard InChI is InChI=1S/C20H16F6O8S/c1-31-15(27)9-11-5-3-7-13(17(11)33-19(21,22)23)35(29,30)14-8-4-6-12(10-16(28)32-2)18(14)34-20(24,25)26/h3-10,17-18H,1-2H3. The maximum atomic E-state index is 13.3. The lowest BCUT2D eigenvalue weighted by atomic mass is 10.0. The average Bonchev–Trinajstić information content (AvgIpc) is 2.73. The van der Waals surface area contributed by atoms with Crippen LogP contribution in [0.15, 0.2) is 69.6 Å². The predicted octanol–water partition coefficient (Wildman–Crippen LogP) is 3.32. The van der Waals surface area contributed by atoms with Crippen LogP contribution < -0.4 is 0 Å². The number of hydrogen-bond acceptors (Lipinski definition) is 8. The Bertz CT molecular complexity index is 1070. The number of ether oxygens (including phenoxy) is 4. The van der Waals surface area contributed by atoms with Crippen LogP contribution in [-0.2, 0) is 38.4 Å². The van der Waals surface area contributed by atoms with E-state index in [1.807, 2.05) is 0 Å². The summed E-state index contributed by atoms with van der Waals surface area (Å²) in [5.41, 5.74) is -1.22. The summed E-state index contributed by atoms with van der Waals surface area (Å²) >= 11 is 0. The molecular formula is C20H16F6O8S. The highest BCUT2D eigenvalue weighted by molar-refractivity contribution is 7.99. The maximum absolute atomic E-state index is 13.3. The molecule has 192 valence electrons. The first kappa shape index (κ1) is 28.1. The topological polar surface area (TPSA) is 105 Å². The molecule has 0 aromatic heterocycles. The molecule has 0 aliphatic heterocycles. The third-order valence-electron chi connectivity index (χ3n) is 4.32. The molecule has 35 heavy (non-hydrogen) atoms. The van der Waals surface area contributed by atoms with Gasteiger partial charge in [-0.15, -0.1) is 26.3 Å². The van der Waals surface area contributed by atoms with E-state index in [0.717, 1.165) is 38.5 Å². The van der Waals surface area contributed by atoms with Gasteiger partial charge in [0, 0.05) is 12.2 Å². The van der Waals surface area contributed by atoms with E-state index < -0.39 is 67.7 Å². The number of rotatable bonds is 6. The summed E-state index contributed by atoms with van der Waals surface area (Å²) in [5.74, 6) is -2.30. The summed E-state index contributed by atoms with van der Waals surface area (Å²) in [6.07, 6.45) is -9.68. The number of hydrogen-bond donors (Lipinski definition) is 0. The van der Waals surface area contributed by atoms with E-state index >= 15 is 0 Å². The summed E-state index contributed by atoms with van der Waals surface area (Å²) in [7, 11) is -3.38. The van der Waals surface area contributed by atoms with Crippen molar-refractivity contribution in [3.8, 4) is 0 Å². The number of esters is 2. The van der Waals surface area contributed by atoms with Gasteiger partial charge in [-0.05, 0) is 23.3 Å². The van der Waals surface area contributed by atoms with Crippen molar-refractivity contribution in [3.05, 3.63) is 69.6 Å². The van der Waals surface area contributed by atoms with E-state index in [1.165, 1.54) is 0 Å². The van der Waals surface area contributed by atoms with Crippen molar-refractivity contribution in [2.75, 3.05) is 14.2 Å². The summed E-state index contributed by atoms with van der Waals surface area (Å²) in [6.45, 7) is 0. The normalized spacial score (nSPS) is 23.2. The molecule has 0 saturated carbocycles. The van der Waals surface area contributed by atoms with Crippen LogP contribution in [0.4, 0.5) is 26.3 Å². The zero-order valence-electron chi connectivity index (χ0n) is 17.7. The minimum Gasteiger partial charge on any atom is -0.466 e. The van der Waals surface area contributed by atoms with E-state index in [2.05, 4.69) is 18.9 Å². The van der Waals surface area contributed by atoms with Gasteiger partial charge in [0.2, 0.25) is 9.84 Å². The third kappa shape index (κ3) is 7.40. The fourth-order valence-corrected chi connectivity index (χ4v) is 4.66. The molecule has 0 saturated heterocycles. The monoisotopic (exact) mass is 530 g/mol. The van der Waals surface area contributed by atoms with Crippen molar-refractivity contribution >= 4 is 21.8 Å². The summed E-state index contributed by atoms with van der Waals surface area (Å²) in [6, 6.07) is 0. The lowest BCUT2D eigenvalue weighted by molar-refractivity contribution is -0.332. The molecule has 0 radical (unpaired) electrons. The predicted molar refractivity (Wildman–Crippen MR) is 105 cm³/mol. The first-order chi connectivity index (χ1) is 16.1. The van der Waals surface area contributed by atoms with Gasteiger partial charge in [-0.1, -0.05) is 24.3 Å². The quantitative estimate of drug-likeness (QED) is 0.293. The van der Waals surface area contributed by atoms with Crippen LogP contribution in [0.2, 0.25) is 0 Å². The highest BCUT2D eigenvalue weighted by Gasteiger charge is 2.46. The van der Waals surface area contributed by atoms with E-state index in [0.29, 0.717) is 24.3 Å². The molecule has 8 nitrogen and oxygen atoms in total. The molecule has 2 aliphatic carbocycles. The fraction of sp³-hybridized carbons (Fsp3) is 0.300. The fourth-order valence-electron chi connectivity index (χ4n) is 2.94. The zero-order valence-corrected chi connectivity index (χ0v) is 18.5. The molecule has 0 fully saturated rings. The van der Waals surface area contributed by atoms with Crippen molar-refractivity contribution in [2.24, 2.45) is 0 Å². The van der Waals surface area contributed by atoms with Gasteiger partial charge in [0.15, 0.2) is 0 Å². The molecule has 2 rings (SSSR count). The second-order valence-corrected chi connectivity index (χ2v) is 8.53. The molecule has 2 atom stereocenters. The van der Waals surface area contributed by atoms with Gasteiger partial charge in [0.1, 0.15) is 12.2 Å². The number of alkyl halides is 6. The van der Waals surface area contributed by atoms with Gasteiger partial charge in [-0.3, -0.25) is 9.47 Å². The number of halogens is 6. The van der Waals surface area contributed by atoms with Crippen LogP contribution in [-0.4, -0.2) is 59.5 Å². The third-order valence-corrected chi connectivity index (χ3v) is 6.26. The minimum absolute atomic E-state index is 0.525. The van der Waals surface area contributed by atoms with Gasteiger partial charge in [0.05, 0.1) is 24.0 Å². The van der Waals surface area contributed by atoms with Crippen molar-refractivity contribution in [3.63, 3.8) is 0 Å². The van der Waals surface area contributed by atoms with E-state index in [-0.39, 0.29) is 0 Å². The van der Waals surface area contributed by atoms with E-state index in [9.17, 15) is 44.3 Å². The molecule has 2 aliphatic rings. The molecule has 0 N–H and O–H groups in total. The molecule has 0 spiro atoms. The van der Waals surface area contributed by atoms with Crippen LogP contribution in [0.1, 0.15) is 0 Å². The van der Waals surface area contributed by atoms with Gasteiger partial charge >= 0.3 is 24.7 Å². The second kappa shape index (κ2) is 10.6. The highest BCUT2D eigenvalue weighted by Crippen LogP contribution is 2.39. The molecule has 0 aromatic carbocycles. The number of sulfone groups is 1. The summed E-state index contributed by atoms with van der Waals surface area (Å²) in [4.78, 5) is 20.9. The second-order valence-electron chi connectivity index (χ2n) is 6.58. The van der Waals surface area contributed by atoms with Gasteiger partial charge < -0.3 is 9.47 Å². The first-order valence-corrected chi connectivity index (χ1v) is 10.7. The molecule has 0 heterocycles. The average molecular weight is 530 g/mol. The van der Waals surface area contributed by atoms with Crippen LogP contribution in [0.5, 0.6) is 0 Å². The molecule has 15 heteroatoms. The molecular weight excluding hydrogens is 514 g/mol. The van der Waals surface area contributed by atoms with Gasteiger partial charge in [-0.2, -0.15) is 0 Å². The number of carbonyl (C=O) groups is 2. The molecule has 2 unspecified atom stereocenters. The van der Waals surface area contributed by atoms with Crippen molar-refractivity contribution in [2.45, 2.75) is 24.9 Å². The largest absolute Gasteiger partial charge is 0.523 e. The Hall–Kier alpha value is -3.17. The summed E-state index contributed by atoms with van der Waals surface area (Å²) < 4.78 is 122. The molecule has 0 bridgehead atoms. The Morgan fingerprint density at radius 2 is 1.11 bits per heavy atom. The maximum Gasteiger partial charge on any atom is 0.523 e. The highest BCUT2D eigenvalue weighted by atomic mass is 32.2. The minimum atomic E-state index is -5.42. The van der Waals surface area contributed by atoms with E-state index in [1.54, 1.807) is 0 Å².